The van der Waals surface area contributed by atoms with Crippen LogP contribution >= 0.6 is 0 Å². The van der Waals surface area contributed by atoms with Crippen molar-refractivity contribution in [1.82, 2.24) is 5.32 Å². The van der Waals surface area contributed by atoms with Crippen molar-refractivity contribution in [2.75, 3.05) is 13.9 Å². The third kappa shape index (κ3) is 3.29. The fraction of sp³-hybridized carbons (Fsp3) is 0.462. The van der Waals surface area contributed by atoms with Crippen LogP contribution < -0.4 is 25.3 Å². The minimum absolute atomic E-state index is 0.0221. The molecule has 104 valence electrons. The lowest BCUT2D eigenvalue weighted by Gasteiger charge is -2.13. The van der Waals surface area contributed by atoms with Gasteiger partial charge in [0.2, 0.25) is 18.4 Å². The second kappa shape index (κ2) is 5.79. The van der Waals surface area contributed by atoms with Crippen molar-refractivity contribution in [2.45, 2.75) is 25.9 Å². The fourth-order valence-electron chi connectivity index (χ4n) is 1.95. The molecular formula is C13H18N2O4. The third-order valence-electron chi connectivity index (χ3n) is 2.88. The predicted molar refractivity (Wildman–Crippen MR) is 69.2 cm³/mol. The molecule has 2 rings (SSSR count). The summed E-state index contributed by atoms with van der Waals surface area (Å²) in [7, 11) is 1.59. The highest BCUT2D eigenvalue weighted by Crippen LogP contribution is 2.41. The lowest BCUT2D eigenvalue weighted by Crippen LogP contribution is -2.30. The third-order valence-corrected chi connectivity index (χ3v) is 2.88. The molecule has 1 aromatic carbocycles. The first-order chi connectivity index (χ1) is 9.10. The van der Waals surface area contributed by atoms with Gasteiger partial charge in [-0.2, -0.15) is 0 Å². The second-order valence-corrected chi connectivity index (χ2v) is 4.48. The van der Waals surface area contributed by atoms with Crippen molar-refractivity contribution < 1.29 is 19.0 Å². The van der Waals surface area contributed by atoms with E-state index in [0.717, 1.165) is 5.56 Å². The molecule has 0 spiro atoms. The monoisotopic (exact) mass is 266 g/mol. The summed E-state index contributed by atoms with van der Waals surface area (Å²) in [5.41, 5.74) is 6.14. The number of primary amides is 1. The zero-order valence-corrected chi connectivity index (χ0v) is 11.1. The van der Waals surface area contributed by atoms with Gasteiger partial charge in [0.05, 0.1) is 7.11 Å². The largest absolute Gasteiger partial charge is 0.493 e. The topological polar surface area (TPSA) is 82.8 Å². The van der Waals surface area contributed by atoms with Gasteiger partial charge < -0.3 is 25.3 Å². The lowest BCUT2D eigenvalue weighted by atomic mass is 10.1. The zero-order chi connectivity index (χ0) is 13.8. The summed E-state index contributed by atoms with van der Waals surface area (Å²) in [4.78, 5) is 10.8. The first-order valence-electron chi connectivity index (χ1n) is 6.08. The maximum atomic E-state index is 10.8. The molecule has 0 saturated heterocycles. The minimum atomic E-state index is -0.316. The molecule has 6 heteroatoms. The number of methoxy groups -OCH3 is 1. The molecular weight excluding hydrogens is 248 g/mol. The number of nitrogens with two attached hydrogens (primary N) is 1. The Balaban J connectivity index is 2.03. The first kappa shape index (κ1) is 13.5. The van der Waals surface area contributed by atoms with E-state index >= 15 is 0 Å². The molecule has 0 aromatic heterocycles. The van der Waals surface area contributed by atoms with Crippen molar-refractivity contribution in [3.8, 4) is 17.2 Å². The number of carbonyl (C=O) groups excluding carboxylic acids is 1. The Morgan fingerprint density at radius 2 is 2.32 bits per heavy atom. The van der Waals surface area contributed by atoms with Gasteiger partial charge in [-0.1, -0.05) is 0 Å². The lowest BCUT2D eigenvalue weighted by molar-refractivity contribution is -0.118. The average Bonchev–Trinajstić information content (AvgIpc) is 2.82. The van der Waals surface area contributed by atoms with Crippen LogP contribution in [0, 0.1) is 0 Å². The van der Waals surface area contributed by atoms with Crippen LogP contribution in [-0.4, -0.2) is 25.9 Å². The molecule has 0 radical (unpaired) electrons. The molecule has 1 aliphatic rings. The van der Waals surface area contributed by atoms with Crippen molar-refractivity contribution in [3.63, 3.8) is 0 Å². The van der Waals surface area contributed by atoms with Crippen LogP contribution in [0.1, 0.15) is 18.9 Å². The van der Waals surface area contributed by atoms with E-state index in [1.165, 1.54) is 0 Å². The van der Waals surface area contributed by atoms with Crippen LogP contribution in [0.4, 0.5) is 0 Å². The van der Waals surface area contributed by atoms with Crippen LogP contribution in [0.5, 0.6) is 17.2 Å². The molecule has 0 fully saturated rings. The van der Waals surface area contributed by atoms with Crippen LogP contribution in [0.2, 0.25) is 0 Å². The summed E-state index contributed by atoms with van der Waals surface area (Å²) in [5.74, 6) is 1.65. The van der Waals surface area contributed by atoms with E-state index in [-0.39, 0.29) is 18.7 Å². The van der Waals surface area contributed by atoms with Crippen molar-refractivity contribution in [1.29, 1.82) is 0 Å². The Bertz CT molecular complexity index is 476. The smallest absolute Gasteiger partial charge is 0.231 e. The van der Waals surface area contributed by atoms with E-state index in [9.17, 15) is 4.79 Å². The van der Waals surface area contributed by atoms with Crippen molar-refractivity contribution in [3.05, 3.63) is 17.7 Å². The molecule has 1 atom stereocenters. The van der Waals surface area contributed by atoms with Gasteiger partial charge in [0.1, 0.15) is 0 Å². The molecule has 0 saturated carbocycles. The number of nitrogens with one attached hydrogen (secondary N) is 1. The maximum absolute atomic E-state index is 10.8. The van der Waals surface area contributed by atoms with Gasteiger partial charge in [-0.05, 0) is 24.6 Å². The summed E-state index contributed by atoms with van der Waals surface area (Å²) in [6, 6.07) is 3.81. The number of hydrogen-bond acceptors (Lipinski definition) is 5. The number of fused-ring (bicyclic) bond motifs is 1. The van der Waals surface area contributed by atoms with Gasteiger partial charge in [-0.15, -0.1) is 0 Å². The number of benzene rings is 1. The van der Waals surface area contributed by atoms with Crippen LogP contribution in [0.25, 0.3) is 0 Å². The van der Waals surface area contributed by atoms with Crippen LogP contribution in [0.3, 0.4) is 0 Å². The standard InChI is InChI=1S/C13H18N2O4/c1-8(3-12(14)16)15-6-9-4-10(17-2)13-11(5-9)18-7-19-13/h4-5,8,15H,3,6-7H2,1-2H3,(H2,14,16). The number of carbonyl (C=O) groups is 1. The Morgan fingerprint density at radius 1 is 1.53 bits per heavy atom. The van der Waals surface area contributed by atoms with Crippen molar-refractivity contribution >= 4 is 5.91 Å². The van der Waals surface area contributed by atoms with E-state index in [4.69, 9.17) is 19.9 Å². The molecule has 1 amide bonds. The Labute approximate surface area is 111 Å². The average molecular weight is 266 g/mol. The van der Waals surface area contributed by atoms with E-state index in [1.807, 2.05) is 19.1 Å². The van der Waals surface area contributed by atoms with Gasteiger partial charge in [-0.3, -0.25) is 4.79 Å². The van der Waals surface area contributed by atoms with Crippen LogP contribution in [-0.2, 0) is 11.3 Å². The van der Waals surface area contributed by atoms with E-state index in [2.05, 4.69) is 5.32 Å². The highest BCUT2D eigenvalue weighted by Gasteiger charge is 2.20. The summed E-state index contributed by atoms with van der Waals surface area (Å²) in [6.45, 7) is 2.72. The number of ether oxygens (including phenoxy) is 3. The fourth-order valence-corrected chi connectivity index (χ4v) is 1.95. The van der Waals surface area contributed by atoms with Crippen molar-refractivity contribution in [2.24, 2.45) is 5.73 Å². The summed E-state index contributed by atoms with van der Waals surface area (Å²) < 4.78 is 15.9. The maximum Gasteiger partial charge on any atom is 0.231 e. The quantitative estimate of drug-likeness (QED) is 0.795. The second-order valence-electron chi connectivity index (χ2n) is 4.48. The molecule has 0 aliphatic carbocycles. The Kier molecular flexibility index (Phi) is 4.11. The van der Waals surface area contributed by atoms with Gasteiger partial charge >= 0.3 is 0 Å². The normalized spacial score (nSPS) is 14.2. The Hall–Kier alpha value is -1.95. The molecule has 19 heavy (non-hydrogen) atoms. The molecule has 1 unspecified atom stereocenters. The van der Waals surface area contributed by atoms with Gasteiger partial charge in [0, 0.05) is 19.0 Å². The molecule has 1 heterocycles. The van der Waals surface area contributed by atoms with E-state index < -0.39 is 0 Å². The highest BCUT2D eigenvalue weighted by molar-refractivity contribution is 5.74. The first-order valence-corrected chi connectivity index (χ1v) is 6.08. The summed E-state index contributed by atoms with van der Waals surface area (Å²) >= 11 is 0. The molecule has 1 aliphatic heterocycles. The summed E-state index contributed by atoms with van der Waals surface area (Å²) in [6.07, 6.45) is 0.307. The highest BCUT2D eigenvalue weighted by atomic mass is 16.7. The zero-order valence-electron chi connectivity index (χ0n) is 11.1. The predicted octanol–water partition coefficient (Wildman–Crippen LogP) is 0.777. The number of rotatable bonds is 6. The van der Waals surface area contributed by atoms with Gasteiger partial charge in [0.25, 0.3) is 0 Å². The SMILES string of the molecule is COc1cc(CNC(C)CC(N)=O)cc2c1OCO2. The minimum Gasteiger partial charge on any atom is -0.493 e. The van der Waals surface area contributed by atoms with E-state index in [0.29, 0.717) is 30.2 Å². The van der Waals surface area contributed by atoms with Gasteiger partial charge in [0.15, 0.2) is 11.5 Å². The van der Waals surface area contributed by atoms with E-state index in [1.54, 1.807) is 7.11 Å². The molecule has 1 aromatic rings. The van der Waals surface area contributed by atoms with Crippen LogP contribution in [0.15, 0.2) is 12.1 Å². The molecule has 0 bridgehead atoms. The molecule has 6 nitrogen and oxygen atoms in total. The summed E-state index contributed by atoms with van der Waals surface area (Å²) in [5, 5.41) is 3.22. The molecule has 3 N–H and O–H groups in total. The number of hydrogen-bond donors (Lipinski definition) is 2. The van der Waals surface area contributed by atoms with Gasteiger partial charge in [-0.25, -0.2) is 0 Å². The Morgan fingerprint density at radius 3 is 3.00 bits per heavy atom. The number of amides is 1.